The van der Waals surface area contributed by atoms with Crippen molar-refractivity contribution < 1.29 is 21.6 Å². The molecule has 2 aromatic rings. The summed E-state index contributed by atoms with van der Waals surface area (Å²) in [5, 5.41) is 1.01. The Balaban J connectivity index is 1.65. The summed E-state index contributed by atoms with van der Waals surface area (Å²) in [4.78, 5) is 13.2. The highest BCUT2D eigenvalue weighted by Gasteiger charge is 2.55. The summed E-state index contributed by atoms with van der Waals surface area (Å²) in [6.07, 6.45) is 4.01. The zero-order valence-electron chi connectivity index (χ0n) is 18.2. The van der Waals surface area contributed by atoms with Crippen molar-refractivity contribution >= 4 is 32.0 Å². The van der Waals surface area contributed by atoms with Crippen LogP contribution in [0.4, 0.5) is 0 Å². The lowest BCUT2D eigenvalue weighted by atomic mass is 9.97. The molecule has 2 aliphatic heterocycles. The number of carbonyl (C=O) groups is 1. The van der Waals surface area contributed by atoms with Gasteiger partial charge in [-0.25, -0.2) is 21.1 Å². The highest BCUT2D eigenvalue weighted by atomic mass is 32.2. The van der Waals surface area contributed by atoms with Gasteiger partial charge in [0.15, 0.2) is 0 Å². The Morgan fingerprint density at radius 1 is 0.970 bits per heavy atom. The number of fused-ring (bicyclic) bond motifs is 1. The van der Waals surface area contributed by atoms with Crippen LogP contribution in [0.3, 0.4) is 0 Å². The van der Waals surface area contributed by atoms with E-state index in [9.17, 15) is 21.6 Å². The minimum Gasteiger partial charge on any atom is -0.273 e. The normalized spacial score (nSPS) is 21.5. The Morgan fingerprint density at radius 2 is 1.61 bits per heavy atom. The molecule has 0 saturated carbocycles. The molecule has 9 heteroatoms. The van der Waals surface area contributed by atoms with E-state index in [1.165, 1.54) is 10.4 Å². The summed E-state index contributed by atoms with van der Waals surface area (Å²) < 4.78 is 55.0. The average molecular weight is 487 g/mol. The third-order valence-electron chi connectivity index (χ3n) is 5.86. The monoisotopic (exact) mass is 486 g/mol. The second-order valence-corrected chi connectivity index (χ2v) is 11.7. The fourth-order valence-electron chi connectivity index (χ4n) is 4.40. The Bertz CT molecular complexity index is 1290. The van der Waals surface area contributed by atoms with Crippen LogP contribution in [0.1, 0.15) is 30.9 Å². The van der Waals surface area contributed by atoms with Crippen molar-refractivity contribution in [2.24, 2.45) is 5.92 Å². The average Bonchev–Trinajstić information content (AvgIpc) is 3.33. The molecule has 2 aromatic carbocycles. The molecule has 0 aromatic heterocycles. The van der Waals surface area contributed by atoms with E-state index in [4.69, 9.17) is 0 Å². The van der Waals surface area contributed by atoms with E-state index in [0.29, 0.717) is 24.0 Å². The Kier molecular flexibility index (Phi) is 6.56. The number of carbonyl (C=O) groups excluding carboxylic acids is 1. The number of hydrogen-bond acceptors (Lipinski definition) is 5. The van der Waals surface area contributed by atoms with Crippen LogP contribution in [0.5, 0.6) is 0 Å². The van der Waals surface area contributed by atoms with Crippen molar-refractivity contribution in [1.29, 1.82) is 0 Å². The van der Waals surface area contributed by atoms with Crippen molar-refractivity contribution in [3.05, 3.63) is 89.0 Å². The molecule has 0 spiro atoms. The van der Waals surface area contributed by atoms with Gasteiger partial charge in [-0.2, -0.15) is 4.31 Å². The summed E-state index contributed by atoms with van der Waals surface area (Å²) in [6.45, 7) is 1.93. The number of sulfonamides is 2. The summed E-state index contributed by atoms with van der Waals surface area (Å²) in [7, 11) is -7.90. The Labute approximate surface area is 195 Å². The quantitative estimate of drug-likeness (QED) is 0.571. The van der Waals surface area contributed by atoms with Gasteiger partial charge in [-0.3, -0.25) is 4.79 Å². The fraction of sp³-hybridized carbons (Fsp3) is 0.292. The van der Waals surface area contributed by atoms with Crippen LogP contribution in [-0.4, -0.2) is 43.9 Å². The van der Waals surface area contributed by atoms with Crippen molar-refractivity contribution in [2.75, 3.05) is 6.54 Å². The SMILES string of the molecule is CCC[C@H]1C(=O)N(S(=O)(=O)C=Cc2ccccc2)C2=CCN(S(=O)(=O)Cc3ccccc3)[C@@H]21. The number of rotatable bonds is 8. The topological polar surface area (TPSA) is 91.8 Å². The first-order valence-corrected chi connectivity index (χ1v) is 13.9. The molecule has 0 aliphatic carbocycles. The van der Waals surface area contributed by atoms with E-state index in [2.05, 4.69) is 0 Å². The van der Waals surface area contributed by atoms with E-state index in [-0.39, 0.29) is 18.0 Å². The standard InChI is InChI=1S/C24H26N2O5S2/c1-2-9-21-23-22(14-16-25(23)33(30,31)18-20-12-7-4-8-13-20)26(24(21)27)32(28,29)17-15-19-10-5-3-6-11-19/h3-8,10-15,17,21,23H,2,9,16,18H2,1H3/t21-,23-/m1/s1. The highest BCUT2D eigenvalue weighted by molar-refractivity contribution is 7.92. The molecule has 1 fully saturated rings. The molecule has 0 unspecified atom stereocenters. The van der Waals surface area contributed by atoms with E-state index in [1.54, 1.807) is 54.6 Å². The van der Waals surface area contributed by atoms with Gasteiger partial charge in [-0.1, -0.05) is 74.0 Å². The predicted molar refractivity (Wildman–Crippen MR) is 127 cm³/mol. The van der Waals surface area contributed by atoms with Crippen molar-refractivity contribution in [3.63, 3.8) is 0 Å². The maximum Gasteiger partial charge on any atom is 0.263 e. The molecule has 33 heavy (non-hydrogen) atoms. The summed E-state index contributed by atoms with van der Waals surface area (Å²) in [5.74, 6) is -1.53. The largest absolute Gasteiger partial charge is 0.273 e. The van der Waals surface area contributed by atoms with Crippen LogP contribution in [-0.2, 0) is 30.6 Å². The molecular formula is C24H26N2O5S2. The molecule has 2 atom stereocenters. The molecule has 174 valence electrons. The number of hydrogen-bond donors (Lipinski definition) is 0. The molecule has 1 saturated heterocycles. The lowest BCUT2D eigenvalue weighted by molar-refractivity contribution is -0.127. The summed E-state index contributed by atoms with van der Waals surface area (Å²) in [6, 6.07) is 16.9. The zero-order chi connectivity index (χ0) is 23.6. The van der Waals surface area contributed by atoms with Crippen LogP contribution in [0.2, 0.25) is 0 Å². The second kappa shape index (κ2) is 9.24. The Hall–Kier alpha value is -2.75. The minimum atomic E-state index is -4.13. The molecule has 1 amide bonds. The smallest absolute Gasteiger partial charge is 0.263 e. The third kappa shape index (κ3) is 4.66. The highest BCUT2D eigenvalue weighted by Crippen LogP contribution is 2.42. The van der Waals surface area contributed by atoms with Crippen LogP contribution in [0, 0.1) is 5.92 Å². The van der Waals surface area contributed by atoms with Gasteiger partial charge in [-0.15, -0.1) is 0 Å². The van der Waals surface area contributed by atoms with Gasteiger partial charge in [0.1, 0.15) is 0 Å². The van der Waals surface area contributed by atoms with E-state index >= 15 is 0 Å². The first kappa shape index (κ1) is 23.4. The fourth-order valence-corrected chi connectivity index (χ4v) is 7.39. The predicted octanol–water partition coefficient (Wildman–Crippen LogP) is 3.34. The molecule has 2 heterocycles. The molecule has 7 nitrogen and oxygen atoms in total. The van der Waals surface area contributed by atoms with Gasteiger partial charge >= 0.3 is 0 Å². The first-order chi connectivity index (χ1) is 15.7. The summed E-state index contributed by atoms with van der Waals surface area (Å²) >= 11 is 0. The molecule has 0 radical (unpaired) electrons. The van der Waals surface area contributed by atoms with E-state index in [0.717, 1.165) is 9.71 Å². The first-order valence-electron chi connectivity index (χ1n) is 10.8. The summed E-state index contributed by atoms with van der Waals surface area (Å²) in [5.41, 5.74) is 1.55. The second-order valence-electron chi connectivity index (χ2n) is 8.14. The molecule has 0 bridgehead atoms. The minimum absolute atomic E-state index is 0.0388. The van der Waals surface area contributed by atoms with Crippen LogP contribution >= 0.6 is 0 Å². The number of amides is 1. The molecule has 4 rings (SSSR count). The lowest BCUT2D eigenvalue weighted by Crippen LogP contribution is -2.41. The molecular weight excluding hydrogens is 460 g/mol. The van der Waals surface area contributed by atoms with Gasteiger partial charge in [0.05, 0.1) is 28.8 Å². The maximum atomic E-state index is 13.3. The lowest BCUT2D eigenvalue weighted by Gasteiger charge is -2.26. The molecule has 0 N–H and O–H groups in total. The number of benzene rings is 2. The Morgan fingerprint density at radius 3 is 2.24 bits per heavy atom. The maximum absolute atomic E-state index is 13.3. The van der Waals surface area contributed by atoms with E-state index < -0.39 is 37.9 Å². The van der Waals surface area contributed by atoms with Crippen molar-refractivity contribution in [1.82, 2.24) is 8.61 Å². The van der Waals surface area contributed by atoms with E-state index in [1.807, 2.05) is 19.1 Å². The third-order valence-corrected chi connectivity index (χ3v) is 9.03. The van der Waals surface area contributed by atoms with Crippen LogP contribution in [0.15, 0.2) is 77.8 Å². The number of nitrogens with zero attached hydrogens (tertiary/aromatic N) is 2. The van der Waals surface area contributed by atoms with Crippen molar-refractivity contribution in [2.45, 2.75) is 31.6 Å². The van der Waals surface area contributed by atoms with Gasteiger partial charge in [0, 0.05) is 6.54 Å². The zero-order valence-corrected chi connectivity index (χ0v) is 19.9. The van der Waals surface area contributed by atoms with Crippen LogP contribution < -0.4 is 0 Å². The van der Waals surface area contributed by atoms with Gasteiger partial charge in [0.25, 0.3) is 10.0 Å². The van der Waals surface area contributed by atoms with Gasteiger partial charge in [0.2, 0.25) is 15.9 Å². The van der Waals surface area contributed by atoms with Crippen LogP contribution in [0.25, 0.3) is 6.08 Å². The van der Waals surface area contributed by atoms with Crippen molar-refractivity contribution in [3.8, 4) is 0 Å². The van der Waals surface area contributed by atoms with Gasteiger partial charge < -0.3 is 0 Å². The molecule has 2 aliphatic rings. The van der Waals surface area contributed by atoms with Gasteiger partial charge in [-0.05, 0) is 29.7 Å².